The van der Waals surface area contributed by atoms with Crippen LogP contribution in [0.3, 0.4) is 0 Å². The van der Waals surface area contributed by atoms with Crippen LogP contribution in [0.1, 0.15) is 4.88 Å². The Bertz CT molecular complexity index is 200. The minimum Gasteiger partial charge on any atom is -0.323 e. The third-order valence-corrected chi connectivity index (χ3v) is 2.05. The predicted molar refractivity (Wildman–Crippen MR) is 39.8 cm³/mol. The Morgan fingerprint density at radius 1 is 1.64 bits per heavy atom. The maximum atomic E-state index is 11.9. The first kappa shape index (κ1) is 8.55. The summed E-state index contributed by atoms with van der Waals surface area (Å²) >= 11 is 1.34. The van der Waals surface area contributed by atoms with Crippen LogP contribution in [-0.2, 0) is 6.42 Å². The monoisotopic (exact) mass is 178 g/mol. The van der Waals surface area contributed by atoms with Crippen molar-refractivity contribution in [3.63, 3.8) is 0 Å². The molecule has 2 nitrogen and oxygen atoms in total. The minimum absolute atomic E-state index is 0.211. The highest BCUT2D eigenvalue weighted by Crippen LogP contribution is 2.10. The molecule has 1 heterocycles. The van der Waals surface area contributed by atoms with Crippen molar-refractivity contribution in [3.05, 3.63) is 16.6 Å². The van der Waals surface area contributed by atoms with Crippen molar-refractivity contribution in [3.8, 4) is 0 Å². The first-order valence-corrected chi connectivity index (χ1v) is 3.99. The molecule has 1 rings (SSSR count). The fraction of sp³-hybridized carbons (Fsp3) is 0.500. The number of nitrogens with zero attached hydrogens (tertiary/aromatic N) is 1. The highest BCUT2D eigenvalue weighted by molar-refractivity contribution is 7.09. The lowest BCUT2D eigenvalue weighted by Gasteiger charge is -2.06. The van der Waals surface area contributed by atoms with Crippen LogP contribution in [0.25, 0.3) is 0 Å². The van der Waals surface area contributed by atoms with Crippen LogP contribution in [0.5, 0.6) is 0 Å². The molecule has 62 valence electrons. The number of hydrogen-bond acceptors (Lipinski definition) is 3. The van der Waals surface area contributed by atoms with Gasteiger partial charge in [-0.2, -0.15) is 0 Å². The van der Waals surface area contributed by atoms with Crippen LogP contribution in [-0.4, -0.2) is 17.5 Å². The maximum Gasteiger partial charge on any atom is 0.253 e. The Morgan fingerprint density at radius 3 is 2.82 bits per heavy atom. The van der Waals surface area contributed by atoms with Gasteiger partial charge in [0, 0.05) is 17.5 Å². The summed E-state index contributed by atoms with van der Waals surface area (Å²) in [6, 6.07) is -1.06. The van der Waals surface area contributed by atoms with Crippen LogP contribution >= 0.6 is 11.3 Å². The van der Waals surface area contributed by atoms with Gasteiger partial charge in [0.15, 0.2) is 0 Å². The van der Waals surface area contributed by atoms with Gasteiger partial charge in [0.2, 0.25) is 0 Å². The Balaban J connectivity index is 2.43. The third-order valence-electron chi connectivity index (χ3n) is 1.24. The Hall–Kier alpha value is -0.550. The number of aromatic nitrogens is 1. The number of halogens is 2. The summed E-state index contributed by atoms with van der Waals surface area (Å²) in [6.45, 7) is 0. The molecule has 0 amide bonds. The van der Waals surface area contributed by atoms with Crippen LogP contribution in [0.2, 0.25) is 0 Å². The Kier molecular flexibility index (Phi) is 2.90. The SMILES string of the molecule is NC(Cc1cncs1)C(F)F. The summed E-state index contributed by atoms with van der Waals surface area (Å²) in [5.74, 6) is 0. The van der Waals surface area contributed by atoms with Gasteiger partial charge in [0.1, 0.15) is 0 Å². The van der Waals surface area contributed by atoms with Crippen LogP contribution in [0.4, 0.5) is 8.78 Å². The lowest BCUT2D eigenvalue weighted by atomic mass is 10.2. The van der Waals surface area contributed by atoms with Gasteiger partial charge in [-0.15, -0.1) is 11.3 Å². The van der Waals surface area contributed by atoms with Crippen molar-refractivity contribution < 1.29 is 8.78 Å². The minimum atomic E-state index is -2.45. The van der Waals surface area contributed by atoms with Gasteiger partial charge >= 0.3 is 0 Å². The molecule has 11 heavy (non-hydrogen) atoms. The van der Waals surface area contributed by atoms with Crippen LogP contribution < -0.4 is 5.73 Å². The number of hydrogen-bond donors (Lipinski definition) is 1. The smallest absolute Gasteiger partial charge is 0.253 e. The molecule has 0 bridgehead atoms. The highest BCUT2D eigenvalue weighted by Gasteiger charge is 2.15. The molecule has 0 fully saturated rings. The van der Waals surface area contributed by atoms with E-state index in [0.29, 0.717) is 0 Å². The zero-order valence-electron chi connectivity index (χ0n) is 5.71. The van der Waals surface area contributed by atoms with E-state index < -0.39 is 12.5 Å². The van der Waals surface area contributed by atoms with E-state index in [1.54, 1.807) is 11.7 Å². The van der Waals surface area contributed by atoms with E-state index in [0.717, 1.165) is 4.88 Å². The van der Waals surface area contributed by atoms with Crippen LogP contribution in [0.15, 0.2) is 11.7 Å². The second-order valence-corrected chi connectivity index (χ2v) is 3.14. The standard InChI is InChI=1S/C6H8F2N2S/c7-6(8)5(9)1-4-2-10-3-11-4/h2-3,5-6H,1,9H2. The molecule has 0 saturated heterocycles. The second-order valence-electron chi connectivity index (χ2n) is 2.17. The maximum absolute atomic E-state index is 11.9. The number of nitrogens with two attached hydrogens (primary N) is 1. The molecule has 1 unspecified atom stereocenters. The lowest BCUT2D eigenvalue weighted by Crippen LogP contribution is -2.30. The lowest BCUT2D eigenvalue weighted by molar-refractivity contribution is 0.116. The van der Waals surface area contributed by atoms with E-state index in [2.05, 4.69) is 4.98 Å². The third kappa shape index (κ3) is 2.51. The molecule has 0 aliphatic heterocycles. The molecular weight excluding hydrogens is 170 g/mol. The summed E-state index contributed by atoms with van der Waals surface area (Å²) in [6.07, 6.45) is -0.674. The molecule has 0 aromatic carbocycles. The normalized spacial score (nSPS) is 13.8. The molecule has 1 atom stereocenters. The molecule has 2 N–H and O–H groups in total. The van der Waals surface area contributed by atoms with E-state index >= 15 is 0 Å². The molecule has 0 aliphatic rings. The molecule has 1 aromatic rings. The summed E-state index contributed by atoms with van der Waals surface area (Å²) in [4.78, 5) is 4.56. The molecule has 0 aliphatic carbocycles. The molecule has 1 aromatic heterocycles. The number of thiazole rings is 1. The van der Waals surface area contributed by atoms with Gasteiger partial charge in [0.05, 0.1) is 11.6 Å². The number of rotatable bonds is 3. The van der Waals surface area contributed by atoms with Gasteiger partial charge in [-0.25, -0.2) is 8.78 Å². The topological polar surface area (TPSA) is 38.9 Å². The first-order valence-electron chi connectivity index (χ1n) is 3.11. The largest absolute Gasteiger partial charge is 0.323 e. The molecule has 0 saturated carbocycles. The highest BCUT2D eigenvalue weighted by atomic mass is 32.1. The average Bonchev–Trinajstić information content (AvgIpc) is 2.39. The molecular formula is C6H8F2N2S. The predicted octanol–water partition coefficient (Wildman–Crippen LogP) is 1.28. The first-order chi connectivity index (χ1) is 5.20. The van der Waals surface area contributed by atoms with E-state index in [4.69, 9.17) is 5.73 Å². The summed E-state index contributed by atoms with van der Waals surface area (Å²) in [5.41, 5.74) is 6.74. The Labute approximate surface area is 67.1 Å². The van der Waals surface area contributed by atoms with Crippen LogP contribution in [0, 0.1) is 0 Å². The van der Waals surface area contributed by atoms with Gasteiger partial charge in [-0.3, -0.25) is 4.98 Å². The fourth-order valence-electron chi connectivity index (χ4n) is 0.664. The molecule has 5 heteroatoms. The van der Waals surface area contributed by atoms with Crippen molar-refractivity contribution in [2.45, 2.75) is 18.9 Å². The summed E-state index contributed by atoms with van der Waals surface area (Å²) in [5, 5.41) is 0. The zero-order valence-corrected chi connectivity index (χ0v) is 6.52. The van der Waals surface area contributed by atoms with Crippen molar-refractivity contribution in [1.29, 1.82) is 0 Å². The van der Waals surface area contributed by atoms with E-state index in [9.17, 15) is 8.78 Å². The molecule has 0 spiro atoms. The van der Waals surface area contributed by atoms with E-state index in [1.807, 2.05) is 0 Å². The van der Waals surface area contributed by atoms with Gasteiger partial charge < -0.3 is 5.73 Å². The molecule has 0 radical (unpaired) electrons. The summed E-state index contributed by atoms with van der Waals surface area (Å²) < 4.78 is 23.8. The van der Waals surface area contributed by atoms with Crippen molar-refractivity contribution in [2.24, 2.45) is 5.73 Å². The van der Waals surface area contributed by atoms with E-state index in [-0.39, 0.29) is 6.42 Å². The fourth-order valence-corrected chi connectivity index (χ4v) is 1.33. The van der Waals surface area contributed by atoms with Gasteiger partial charge in [-0.05, 0) is 0 Å². The van der Waals surface area contributed by atoms with Crippen molar-refractivity contribution in [1.82, 2.24) is 4.98 Å². The second kappa shape index (κ2) is 3.73. The zero-order chi connectivity index (χ0) is 8.27. The van der Waals surface area contributed by atoms with E-state index in [1.165, 1.54) is 11.3 Å². The van der Waals surface area contributed by atoms with Gasteiger partial charge in [0.25, 0.3) is 6.43 Å². The van der Waals surface area contributed by atoms with Crippen molar-refractivity contribution >= 4 is 11.3 Å². The average molecular weight is 178 g/mol. The summed E-state index contributed by atoms with van der Waals surface area (Å²) in [7, 11) is 0. The van der Waals surface area contributed by atoms with Crippen molar-refractivity contribution in [2.75, 3.05) is 0 Å². The quantitative estimate of drug-likeness (QED) is 0.757. The van der Waals surface area contributed by atoms with Gasteiger partial charge in [-0.1, -0.05) is 0 Å². The number of alkyl halides is 2. The Morgan fingerprint density at radius 2 is 2.36 bits per heavy atom.